The molecule has 6 heteroatoms. The first-order chi connectivity index (χ1) is 7.22. The van der Waals surface area contributed by atoms with Gasteiger partial charge in [-0.3, -0.25) is 0 Å². The van der Waals surface area contributed by atoms with Crippen LogP contribution >= 0.6 is 11.8 Å². The lowest BCUT2D eigenvalue weighted by atomic mass is 10.3. The van der Waals surface area contributed by atoms with E-state index in [2.05, 4.69) is 0 Å². The van der Waals surface area contributed by atoms with Crippen molar-refractivity contribution in [1.29, 1.82) is 0 Å². The Labute approximate surface area is 94.4 Å². The summed E-state index contributed by atoms with van der Waals surface area (Å²) in [5.74, 6) is 0. The van der Waals surface area contributed by atoms with E-state index in [0.29, 0.717) is 0 Å². The molecule has 15 heavy (non-hydrogen) atoms. The summed E-state index contributed by atoms with van der Waals surface area (Å²) < 4.78 is 25.9. The van der Waals surface area contributed by atoms with Crippen LogP contribution in [0, 0.1) is 0 Å². The molecular weight excluding hydrogens is 234 g/mol. The number of hydrogen-bond donors (Lipinski definition) is 1. The van der Waals surface area contributed by atoms with E-state index in [1.165, 1.54) is 11.8 Å². The SMILES string of the molecule is CCN1c2ccccc2SC1O[SH](=O)=O. The Morgan fingerprint density at radius 2 is 2.20 bits per heavy atom. The molecule has 0 saturated carbocycles. The van der Waals surface area contributed by atoms with Gasteiger partial charge in [0, 0.05) is 11.4 Å². The molecule has 0 spiro atoms. The van der Waals surface area contributed by atoms with Crippen LogP contribution in [-0.2, 0) is 15.2 Å². The van der Waals surface area contributed by atoms with Crippen LogP contribution in [0.15, 0.2) is 29.2 Å². The third-order valence-electron chi connectivity index (χ3n) is 2.17. The van der Waals surface area contributed by atoms with E-state index in [9.17, 15) is 8.42 Å². The van der Waals surface area contributed by atoms with Crippen molar-refractivity contribution in [3.63, 3.8) is 0 Å². The van der Waals surface area contributed by atoms with Crippen molar-refractivity contribution in [2.24, 2.45) is 0 Å². The molecule has 0 radical (unpaired) electrons. The summed E-state index contributed by atoms with van der Waals surface area (Å²) in [7, 11) is -2.81. The van der Waals surface area contributed by atoms with E-state index in [-0.39, 0.29) is 0 Å². The highest BCUT2D eigenvalue weighted by molar-refractivity contribution is 8.00. The fourth-order valence-corrected chi connectivity index (χ4v) is 3.27. The molecule has 4 nitrogen and oxygen atoms in total. The summed E-state index contributed by atoms with van der Waals surface area (Å²) >= 11 is 1.42. The van der Waals surface area contributed by atoms with Gasteiger partial charge in [-0.25, -0.2) is 12.6 Å². The first-order valence-corrected chi connectivity index (χ1v) is 6.53. The van der Waals surface area contributed by atoms with E-state index in [1.54, 1.807) is 0 Å². The zero-order chi connectivity index (χ0) is 10.8. The van der Waals surface area contributed by atoms with Gasteiger partial charge in [-0.05, 0) is 19.1 Å². The van der Waals surface area contributed by atoms with Gasteiger partial charge in [-0.1, -0.05) is 23.9 Å². The summed E-state index contributed by atoms with van der Waals surface area (Å²) in [6, 6.07) is 7.79. The number of fused-ring (bicyclic) bond motifs is 1. The number of thiol groups is 1. The lowest BCUT2D eigenvalue weighted by Crippen LogP contribution is -2.30. The topological polar surface area (TPSA) is 46.6 Å². The monoisotopic (exact) mass is 245 g/mol. The number of nitrogens with zero attached hydrogens (tertiary/aromatic N) is 1. The highest BCUT2D eigenvalue weighted by Crippen LogP contribution is 2.43. The van der Waals surface area contributed by atoms with Crippen LogP contribution in [0.4, 0.5) is 5.69 Å². The predicted octanol–water partition coefficient (Wildman–Crippen LogP) is 1.45. The number of anilines is 1. The second-order valence-electron chi connectivity index (χ2n) is 3.01. The van der Waals surface area contributed by atoms with Gasteiger partial charge >= 0.3 is 0 Å². The van der Waals surface area contributed by atoms with Crippen LogP contribution in [0.25, 0.3) is 0 Å². The third-order valence-corrected chi connectivity index (χ3v) is 3.84. The summed E-state index contributed by atoms with van der Waals surface area (Å²) in [6.07, 6.45) is 0. The molecule has 1 unspecified atom stereocenters. The molecular formula is C9H11NO3S2. The Hall–Kier alpha value is -0.720. The largest absolute Gasteiger partial charge is 0.336 e. The van der Waals surface area contributed by atoms with Gasteiger partial charge in [-0.15, -0.1) is 0 Å². The van der Waals surface area contributed by atoms with Crippen molar-refractivity contribution in [2.45, 2.75) is 17.4 Å². The van der Waals surface area contributed by atoms with Gasteiger partial charge in [0.05, 0.1) is 5.69 Å². The van der Waals surface area contributed by atoms with E-state index < -0.39 is 16.5 Å². The highest BCUT2D eigenvalue weighted by Gasteiger charge is 2.30. The molecule has 0 N–H and O–H groups in total. The molecule has 0 saturated heterocycles. The first kappa shape index (κ1) is 10.8. The van der Waals surface area contributed by atoms with Crippen LogP contribution in [0.3, 0.4) is 0 Å². The normalized spacial score (nSPS) is 19.6. The second-order valence-corrected chi connectivity index (χ2v) is 4.74. The molecule has 0 aromatic heterocycles. The summed E-state index contributed by atoms with van der Waals surface area (Å²) in [5.41, 5.74) is 0.584. The minimum Gasteiger partial charge on any atom is -0.336 e. The molecule has 1 aliphatic rings. The van der Waals surface area contributed by atoms with Gasteiger partial charge in [-0.2, -0.15) is 0 Å². The van der Waals surface area contributed by atoms with E-state index in [0.717, 1.165) is 17.1 Å². The van der Waals surface area contributed by atoms with Crippen LogP contribution in [0.5, 0.6) is 0 Å². The summed E-state index contributed by atoms with van der Waals surface area (Å²) in [4.78, 5) is 2.98. The average molecular weight is 245 g/mol. The van der Waals surface area contributed by atoms with Crippen molar-refractivity contribution in [1.82, 2.24) is 0 Å². The number of benzene rings is 1. The summed E-state index contributed by atoms with van der Waals surface area (Å²) in [5, 5.41) is 0. The van der Waals surface area contributed by atoms with Gasteiger partial charge < -0.3 is 4.90 Å². The fraction of sp³-hybridized carbons (Fsp3) is 0.333. The Balaban J connectivity index is 2.28. The highest BCUT2D eigenvalue weighted by atomic mass is 32.2. The maximum Gasteiger partial charge on any atom is 0.259 e. The van der Waals surface area contributed by atoms with Crippen LogP contribution in [0.2, 0.25) is 0 Å². The van der Waals surface area contributed by atoms with Crippen molar-refractivity contribution in [2.75, 3.05) is 11.4 Å². The number of hydrogen-bond acceptors (Lipinski definition) is 5. The van der Waals surface area contributed by atoms with Gasteiger partial charge in [0.1, 0.15) is 0 Å². The molecule has 82 valence electrons. The van der Waals surface area contributed by atoms with E-state index in [1.807, 2.05) is 36.1 Å². The fourth-order valence-electron chi connectivity index (χ4n) is 1.55. The first-order valence-electron chi connectivity index (χ1n) is 4.56. The lowest BCUT2D eigenvalue weighted by Gasteiger charge is -2.22. The van der Waals surface area contributed by atoms with Gasteiger partial charge in [0.25, 0.3) is 11.0 Å². The van der Waals surface area contributed by atoms with E-state index >= 15 is 0 Å². The van der Waals surface area contributed by atoms with Crippen molar-refractivity contribution >= 4 is 28.4 Å². The van der Waals surface area contributed by atoms with Crippen molar-refractivity contribution in [3.8, 4) is 0 Å². The molecule has 2 rings (SSSR count). The van der Waals surface area contributed by atoms with Crippen LogP contribution < -0.4 is 4.90 Å². The Kier molecular flexibility index (Phi) is 3.18. The molecule has 0 amide bonds. The molecule has 0 aliphatic carbocycles. The number of thioether (sulfide) groups is 1. The van der Waals surface area contributed by atoms with Gasteiger partial charge in [0.2, 0.25) is 5.56 Å². The Morgan fingerprint density at radius 3 is 2.87 bits per heavy atom. The van der Waals surface area contributed by atoms with Crippen LogP contribution in [0.1, 0.15) is 6.92 Å². The molecule has 1 heterocycles. The number of para-hydroxylation sites is 1. The van der Waals surface area contributed by atoms with Crippen molar-refractivity contribution in [3.05, 3.63) is 24.3 Å². The molecule has 0 fully saturated rings. The zero-order valence-corrected chi connectivity index (χ0v) is 9.83. The van der Waals surface area contributed by atoms with E-state index in [4.69, 9.17) is 4.18 Å². The molecule has 1 aliphatic heterocycles. The maximum absolute atomic E-state index is 10.5. The standard InChI is InChI=1S/C9H11NO3S2/c1-2-10-7-5-3-4-6-8(7)14-9(10)13-15(11)12/h3-6,9,15H,2H2,1H3. The second kappa shape index (κ2) is 4.42. The third kappa shape index (κ3) is 2.11. The average Bonchev–Trinajstić information content (AvgIpc) is 2.53. The van der Waals surface area contributed by atoms with Crippen LogP contribution in [-0.4, -0.2) is 20.5 Å². The quantitative estimate of drug-likeness (QED) is 0.817. The molecule has 1 aromatic carbocycles. The number of rotatable bonds is 3. The molecule has 0 bridgehead atoms. The Morgan fingerprint density at radius 1 is 1.47 bits per heavy atom. The Bertz CT molecular complexity index is 425. The molecule has 1 atom stereocenters. The maximum atomic E-state index is 10.5. The van der Waals surface area contributed by atoms with Gasteiger partial charge in [0.15, 0.2) is 0 Å². The minimum atomic E-state index is -2.81. The predicted molar refractivity (Wildman–Crippen MR) is 60.5 cm³/mol. The zero-order valence-electron chi connectivity index (χ0n) is 8.12. The lowest BCUT2D eigenvalue weighted by molar-refractivity contribution is 0.302. The smallest absolute Gasteiger partial charge is 0.259 e. The summed E-state index contributed by atoms with van der Waals surface area (Å²) in [6.45, 7) is 2.69. The minimum absolute atomic E-state index is 0.450. The molecule has 1 aromatic rings. The van der Waals surface area contributed by atoms with Crippen molar-refractivity contribution < 1.29 is 12.6 Å².